The summed E-state index contributed by atoms with van der Waals surface area (Å²) in [4.78, 5) is 10.5. The number of hydrogen-bond acceptors (Lipinski definition) is 3. The minimum Gasteiger partial charge on any atom is -0.481 e. The Labute approximate surface area is 152 Å². The molecular formula is C21H36O4. The summed E-state index contributed by atoms with van der Waals surface area (Å²) in [7, 11) is 0. The molecule has 0 aromatic carbocycles. The van der Waals surface area contributed by atoms with E-state index in [0.717, 1.165) is 44.9 Å². The second-order valence-corrected chi connectivity index (χ2v) is 7.46. The number of hydrogen-bond donors (Lipinski definition) is 3. The van der Waals surface area contributed by atoms with Gasteiger partial charge in [-0.1, -0.05) is 51.0 Å². The Hall–Kier alpha value is -1.13. The van der Waals surface area contributed by atoms with Gasteiger partial charge in [-0.15, -0.1) is 0 Å². The maximum absolute atomic E-state index is 10.5. The number of unbranched alkanes of at least 4 members (excludes halogenated alkanes) is 2. The number of carbonyl (C=O) groups is 1. The van der Waals surface area contributed by atoms with Crippen LogP contribution in [-0.4, -0.2) is 33.5 Å². The van der Waals surface area contributed by atoms with E-state index in [9.17, 15) is 15.0 Å². The number of carboxylic acid groups (broad SMARTS) is 1. The molecule has 0 bridgehead atoms. The highest BCUT2D eigenvalue weighted by Gasteiger charge is 2.32. The third kappa shape index (κ3) is 8.68. The SMILES string of the molecule is CCCCC(C)C(O)C=CC1CC[C@H](O)[C@@H]1CC=CCCCC(=O)O. The van der Waals surface area contributed by atoms with E-state index in [-0.39, 0.29) is 24.4 Å². The third-order valence-electron chi connectivity index (χ3n) is 5.33. The molecule has 0 saturated heterocycles. The van der Waals surface area contributed by atoms with Gasteiger partial charge in [-0.2, -0.15) is 0 Å². The summed E-state index contributed by atoms with van der Waals surface area (Å²) in [6.45, 7) is 4.25. The molecule has 1 saturated carbocycles. The van der Waals surface area contributed by atoms with Gasteiger partial charge in [0.15, 0.2) is 0 Å². The van der Waals surface area contributed by atoms with Crippen LogP contribution in [-0.2, 0) is 4.79 Å². The van der Waals surface area contributed by atoms with Crippen LogP contribution in [0.15, 0.2) is 24.3 Å². The van der Waals surface area contributed by atoms with Gasteiger partial charge in [0, 0.05) is 6.42 Å². The van der Waals surface area contributed by atoms with Gasteiger partial charge >= 0.3 is 5.97 Å². The third-order valence-corrected chi connectivity index (χ3v) is 5.33. The molecule has 1 rings (SSSR count). The molecule has 0 aromatic rings. The Kier molecular flexibility index (Phi) is 10.7. The normalized spacial score (nSPS) is 26.5. The van der Waals surface area contributed by atoms with E-state index in [1.54, 1.807) is 0 Å². The van der Waals surface area contributed by atoms with Crippen LogP contribution in [0.1, 0.15) is 71.6 Å². The summed E-state index contributed by atoms with van der Waals surface area (Å²) < 4.78 is 0. The molecule has 0 spiro atoms. The molecule has 144 valence electrons. The number of aliphatic hydroxyl groups is 2. The van der Waals surface area contributed by atoms with Gasteiger partial charge in [0.25, 0.3) is 0 Å². The Morgan fingerprint density at radius 1 is 1.24 bits per heavy atom. The molecule has 0 aliphatic heterocycles. The molecule has 3 N–H and O–H groups in total. The molecule has 5 atom stereocenters. The average molecular weight is 353 g/mol. The molecule has 3 unspecified atom stereocenters. The summed E-state index contributed by atoms with van der Waals surface area (Å²) >= 11 is 0. The Balaban J connectivity index is 2.43. The Morgan fingerprint density at radius 2 is 2.00 bits per heavy atom. The van der Waals surface area contributed by atoms with E-state index in [1.807, 2.05) is 12.2 Å². The summed E-state index contributed by atoms with van der Waals surface area (Å²) in [6, 6.07) is 0. The zero-order valence-corrected chi connectivity index (χ0v) is 15.8. The highest BCUT2D eigenvalue weighted by Crippen LogP contribution is 2.36. The van der Waals surface area contributed by atoms with Crippen molar-refractivity contribution in [3.05, 3.63) is 24.3 Å². The van der Waals surface area contributed by atoms with Crippen molar-refractivity contribution in [2.45, 2.75) is 83.8 Å². The number of rotatable bonds is 12. The van der Waals surface area contributed by atoms with Gasteiger partial charge in [0.2, 0.25) is 0 Å². The van der Waals surface area contributed by atoms with Crippen molar-refractivity contribution in [3.63, 3.8) is 0 Å². The molecule has 1 aliphatic carbocycles. The fraction of sp³-hybridized carbons (Fsp3) is 0.762. The lowest BCUT2D eigenvalue weighted by atomic mass is 9.89. The van der Waals surface area contributed by atoms with Gasteiger partial charge < -0.3 is 15.3 Å². The van der Waals surface area contributed by atoms with E-state index in [4.69, 9.17) is 5.11 Å². The zero-order valence-electron chi connectivity index (χ0n) is 15.8. The van der Waals surface area contributed by atoms with Crippen LogP contribution < -0.4 is 0 Å². The smallest absolute Gasteiger partial charge is 0.303 e. The van der Waals surface area contributed by atoms with Crippen LogP contribution in [0.5, 0.6) is 0 Å². The lowest BCUT2D eigenvalue weighted by Crippen LogP contribution is -2.19. The van der Waals surface area contributed by atoms with Crippen LogP contribution in [0.3, 0.4) is 0 Å². The maximum atomic E-state index is 10.5. The highest BCUT2D eigenvalue weighted by atomic mass is 16.4. The van der Waals surface area contributed by atoms with Crippen LogP contribution >= 0.6 is 0 Å². The first-order chi connectivity index (χ1) is 12.0. The fourth-order valence-electron chi connectivity index (χ4n) is 3.53. The first kappa shape index (κ1) is 21.9. The van der Waals surface area contributed by atoms with Gasteiger partial charge in [-0.05, 0) is 56.3 Å². The maximum Gasteiger partial charge on any atom is 0.303 e. The number of aliphatic hydroxyl groups excluding tert-OH is 2. The van der Waals surface area contributed by atoms with E-state index < -0.39 is 12.1 Å². The lowest BCUT2D eigenvalue weighted by molar-refractivity contribution is -0.137. The second kappa shape index (κ2) is 12.3. The standard InChI is InChI=1S/C21H36O4/c1-3-4-9-16(2)19(22)14-12-17-13-15-20(23)18(17)10-7-5-6-8-11-21(24)25/h5,7,12,14,16-20,22-23H,3-4,6,8-11,13,15H2,1-2H3,(H,24,25)/t16?,17?,18-,19?,20+/m1/s1. The highest BCUT2D eigenvalue weighted by molar-refractivity contribution is 5.66. The Bertz CT molecular complexity index is 430. The molecule has 0 heterocycles. The molecule has 0 amide bonds. The molecular weight excluding hydrogens is 316 g/mol. The predicted molar refractivity (Wildman–Crippen MR) is 101 cm³/mol. The Morgan fingerprint density at radius 3 is 2.68 bits per heavy atom. The molecule has 4 nitrogen and oxygen atoms in total. The molecule has 0 radical (unpaired) electrons. The minimum atomic E-state index is -0.753. The quantitative estimate of drug-likeness (QED) is 0.361. The van der Waals surface area contributed by atoms with Crippen LogP contribution in [0.25, 0.3) is 0 Å². The second-order valence-electron chi connectivity index (χ2n) is 7.46. The number of allylic oxidation sites excluding steroid dienone is 3. The summed E-state index contributed by atoms with van der Waals surface area (Å²) in [6.07, 6.45) is 15.0. The topological polar surface area (TPSA) is 77.8 Å². The largest absolute Gasteiger partial charge is 0.481 e. The number of aliphatic carboxylic acids is 1. The van der Waals surface area contributed by atoms with Gasteiger partial charge in [0.1, 0.15) is 0 Å². The van der Waals surface area contributed by atoms with Crippen molar-refractivity contribution >= 4 is 5.97 Å². The van der Waals surface area contributed by atoms with Crippen LogP contribution in [0, 0.1) is 17.8 Å². The average Bonchev–Trinajstić information content (AvgIpc) is 2.93. The first-order valence-corrected chi connectivity index (χ1v) is 9.86. The molecule has 1 fully saturated rings. The fourth-order valence-corrected chi connectivity index (χ4v) is 3.53. The molecule has 25 heavy (non-hydrogen) atoms. The predicted octanol–water partition coefficient (Wildman–Crippen LogP) is 4.32. The summed E-state index contributed by atoms with van der Waals surface area (Å²) in [5.74, 6) is 0.0310. The van der Waals surface area contributed by atoms with Crippen molar-refractivity contribution < 1.29 is 20.1 Å². The van der Waals surface area contributed by atoms with Gasteiger partial charge in [-0.3, -0.25) is 4.79 Å². The van der Waals surface area contributed by atoms with Gasteiger partial charge in [-0.25, -0.2) is 0 Å². The van der Waals surface area contributed by atoms with E-state index in [2.05, 4.69) is 26.0 Å². The van der Waals surface area contributed by atoms with Crippen LogP contribution in [0.2, 0.25) is 0 Å². The van der Waals surface area contributed by atoms with Gasteiger partial charge in [0.05, 0.1) is 12.2 Å². The van der Waals surface area contributed by atoms with E-state index in [0.29, 0.717) is 12.3 Å². The summed E-state index contributed by atoms with van der Waals surface area (Å²) in [5.41, 5.74) is 0. The zero-order chi connectivity index (χ0) is 18.7. The van der Waals surface area contributed by atoms with Crippen molar-refractivity contribution in [1.82, 2.24) is 0 Å². The van der Waals surface area contributed by atoms with Crippen LogP contribution in [0.4, 0.5) is 0 Å². The molecule has 4 heteroatoms. The lowest BCUT2D eigenvalue weighted by Gasteiger charge is -2.19. The van der Waals surface area contributed by atoms with Crippen molar-refractivity contribution in [2.75, 3.05) is 0 Å². The summed E-state index contributed by atoms with van der Waals surface area (Å²) in [5, 5.41) is 29.1. The van der Waals surface area contributed by atoms with E-state index in [1.165, 1.54) is 0 Å². The van der Waals surface area contributed by atoms with Crippen molar-refractivity contribution in [1.29, 1.82) is 0 Å². The van der Waals surface area contributed by atoms with E-state index >= 15 is 0 Å². The van der Waals surface area contributed by atoms with Crippen molar-refractivity contribution in [3.8, 4) is 0 Å². The minimum absolute atomic E-state index is 0.199. The van der Waals surface area contributed by atoms with Crippen molar-refractivity contribution in [2.24, 2.45) is 17.8 Å². The number of carboxylic acids is 1. The monoisotopic (exact) mass is 352 g/mol. The first-order valence-electron chi connectivity index (χ1n) is 9.86. The molecule has 0 aromatic heterocycles. The molecule has 1 aliphatic rings.